The molecule has 7 nitrogen and oxygen atoms in total. The first-order chi connectivity index (χ1) is 8.24. The quantitative estimate of drug-likeness (QED) is 0.833. The number of amides is 1. The van der Waals surface area contributed by atoms with Gasteiger partial charge in [0.15, 0.2) is 0 Å². The lowest BCUT2D eigenvalue weighted by atomic mass is 10.2. The Balaban J connectivity index is 2.31. The van der Waals surface area contributed by atoms with Crippen molar-refractivity contribution in [3.8, 4) is 5.75 Å². The molecule has 0 aliphatic heterocycles. The summed E-state index contributed by atoms with van der Waals surface area (Å²) in [5.41, 5.74) is 0.643. The molecule has 1 aromatic carbocycles. The molecule has 0 aliphatic rings. The Morgan fingerprint density at radius 3 is 2.82 bits per heavy atom. The van der Waals surface area contributed by atoms with Gasteiger partial charge in [0.1, 0.15) is 5.75 Å². The van der Waals surface area contributed by atoms with Crippen LogP contribution in [0.1, 0.15) is 10.6 Å². The fourth-order valence-corrected chi connectivity index (χ4v) is 1.42. The van der Waals surface area contributed by atoms with Gasteiger partial charge in [-0.25, -0.2) is 0 Å². The molecule has 0 spiro atoms. The van der Waals surface area contributed by atoms with Crippen molar-refractivity contribution in [2.45, 2.75) is 0 Å². The molecule has 0 atom stereocenters. The van der Waals surface area contributed by atoms with E-state index in [1.54, 1.807) is 26.3 Å². The van der Waals surface area contributed by atoms with E-state index in [1.165, 1.54) is 4.90 Å². The third-order valence-corrected chi connectivity index (χ3v) is 2.29. The Bertz CT molecular complexity index is 511. The molecule has 1 aromatic heterocycles. The van der Waals surface area contributed by atoms with Crippen molar-refractivity contribution in [1.82, 2.24) is 20.6 Å². The Hall–Kier alpha value is -2.44. The molecule has 7 heteroatoms. The highest BCUT2D eigenvalue weighted by Gasteiger charge is 2.19. The second-order valence-electron chi connectivity index (χ2n) is 3.27. The fraction of sp³-hybridized carbons (Fsp3) is 0.200. The number of H-pyrrole nitrogens is 1. The van der Waals surface area contributed by atoms with Gasteiger partial charge in [0.2, 0.25) is 0 Å². The van der Waals surface area contributed by atoms with Crippen molar-refractivity contribution in [2.75, 3.05) is 19.1 Å². The number of tetrazole rings is 1. The summed E-state index contributed by atoms with van der Waals surface area (Å²) in [6, 6.07) is 7.19. The number of carbonyl (C=O) groups is 1. The number of anilines is 1. The normalized spacial score (nSPS) is 10.0. The molecule has 0 unspecified atom stereocenters. The lowest BCUT2D eigenvalue weighted by Crippen LogP contribution is -2.27. The van der Waals surface area contributed by atoms with E-state index in [2.05, 4.69) is 20.6 Å². The molecule has 88 valence electrons. The van der Waals surface area contributed by atoms with E-state index >= 15 is 0 Å². The molecular weight excluding hydrogens is 222 g/mol. The monoisotopic (exact) mass is 233 g/mol. The number of benzene rings is 1. The Morgan fingerprint density at radius 1 is 1.41 bits per heavy atom. The molecule has 17 heavy (non-hydrogen) atoms. The van der Waals surface area contributed by atoms with Crippen LogP contribution in [-0.2, 0) is 0 Å². The number of rotatable bonds is 3. The number of nitrogens with zero attached hydrogens (tertiary/aromatic N) is 4. The van der Waals surface area contributed by atoms with Crippen molar-refractivity contribution in [2.24, 2.45) is 0 Å². The van der Waals surface area contributed by atoms with Crippen LogP contribution in [-0.4, -0.2) is 40.7 Å². The van der Waals surface area contributed by atoms with Gasteiger partial charge in [-0.3, -0.25) is 4.79 Å². The topological polar surface area (TPSA) is 84.0 Å². The first kappa shape index (κ1) is 11.1. The summed E-state index contributed by atoms with van der Waals surface area (Å²) in [6.07, 6.45) is 0. The highest BCUT2D eigenvalue weighted by Crippen LogP contribution is 2.27. The minimum atomic E-state index is -0.358. The van der Waals surface area contributed by atoms with Crippen LogP contribution >= 0.6 is 0 Å². The van der Waals surface area contributed by atoms with E-state index in [0.717, 1.165) is 0 Å². The largest absolute Gasteiger partial charge is 0.495 e. The predicted molar refractivity (Wildman–Crippen MR) is 59.9 cm³/mol. The predicted octanol–water partition coefficient (Wildman–Crippen LogP) is 0.485. The van der Waals surface area contributed by atoms with Gasteiger partial charge >= 0.3 is 0 Å². The van der Waals surface area contributed by atoms with Gasteiger partial charge in [0.05, 0.1) is 12.8 Å². The second kappa shape index (κ2) is 4.60. The smallest absolute Gasteiger partial charge is 0.299 e. The van der Waals surface area contributed by atoms with Crippen LogP contribution in [0.15, 0.2) is 24.3 Å². The Kier molecular flexibility index (Phi) is 2.99. The molecule has 1 heterocycles. The van der Waals surface area contributed by atoms with E-state index in [1.807, 2.05) is 12.1 Å². The highest BCUT2D eigenvalue weighted by molar-refractivity contribution is 6.03. The molecule has 2 aromatic rings. The second-order valence-corrected chi connectivity index (χ2v) is 3.27. The SMILES string of the molecule is COc1ccccc1N(C)C(=O)c1nn[nH]n1. The van der Waals surface area contributed by atoms with Crippen LogP contribution in [0.4, 0.5) is 5.69 Å². The minimum Gasteiger partial charge on any atom is -0.495 e. The van der Waals surface area contributed by atoms with Crippen molar-refractivity contribution in [1.29, 1.82) is 0 Å². The van der Waals surface area contributed by atoms with Gasteiger partial charge < -0.3 is 9.64 Å². The van der Waals surface area contributed by atoms with E-state index in [9.17, 15) is 4.79 Å². The van der Waals surface area contributed by atoms with E-state index in [4.69, 9.17) is 4.74 Å². The van der Waals surface area contributed by atoms with Gasteiger partial charge in [0, 0.05) is 7.05 Å². The lowest BCUT2D eigenvalue weighted by molar-refractivity contribution is 0.0982. The van der Waals surface area contributed by atoms with Crippen LogP contribution in [0.2, 0.25) is 0 Å². The van der Waals surface area contributed by atoms with Crippen molar-refractivity contribution < 1.29 is 9.53 Å². The summed E-state index contributed by atoms with van der Waals surface area (Å²) in [4.78, 5) is 13.4. The molecule has 1 N–H and O–H groups in total. The molecule has 0 saturated carbocycles. The first-order valence-electron chi connectivity index (χ1n) is 4.88. The molecule has 2 rings (SSSR count). The lowest BCUT2D eigenvalue weighted by Gasteiger charge is -2.17. The number of aromatic nitrogens is 4. The summed E-state index contributed by atoms with van der Waals surface area (Å²) >= 11 is 0. The number of ether oxygens (including phenoxy) is 1. The summed E-state index contributed by atoms with van der Waals surface area (Å²) < 4.78 is 5.18. The average Bonchev–Trinajstić information content (AvgIpc) is 2.90. The van der Waals surface area contributed by atoms with Gasteiger partial charge in [-0.1, -0.05) is 12.1 Å². The summed E-state index contributed by atoms with van der Waals surface area (Å²) in [5, 5.41) is 12.9. The van der Waals surface area contributed by atoms with E-state index in [-0.39, 0.29) is 11.7 Å². The average molecular weight is 233 g/mol. The summed E-state index contributed by atoms with van der Waals surface area (Å²) in [5.74, 6) is 0.258. The van der Waals surface area contributed by atoms with Crippen molar-refractivity contribution in [3.05, 3.63) is 30.1 Å². The number of methoxy groups -OCH3 is 1. The maximum Gasteiger partial charge on any atom is 0.299 e. The maximum atomic E-state index is 12.0. The maximum absolute atomic E-state index is 12.0. The number of carbonyl (C=O) groups excluding carboxylic acids is 1. The van der Waals surface area contributed by atoms with Gasteiger partial charge in [-0.05, 0) is 17.3 Å². The molecule has 0 bridgehead atoms. The van der Waals surface area contributed by atoms with Crippen LogP contribution < -0.4 is 9.64 Å². The summed E-state index contributed by atoms with van der Waals surface area (Å²) in [6.45, 7) is 0. The first-order valence-corrected chi connectivity index (χ1v) is 4.88. The number of para-hydroxylation sites is 2. The molecule has 0 saturated heterocycles. The molecule has 0 radical (unpaired) electrons. The standard InChI is InChI=1S/C10H11N5O2/c1-15(10(16)9-11-13-14-12-9)7-5-3-4-6-8(7)17-2/h3-6H,1-2H3,(H,11,12,13,14). The Morgan fingerprint density at radius 2 is 2.18 bits per heavy atom. The number of nitrogens with one attached hydrogen (secondary N) is 1. The molecule has 1 amide bonds. The van der Waals surface area contributed by atoms with Crippen LogP contribution in [0.3, 0.4) is 0 Å². The van der Waals surface area contributed by atoms with E-state index < -0.39 is 0 Å². The van der Waals surface area contributed by atoms with Gasteiger partial charge in [-0.2, -0.15) is 5.21 Å². The molecule has 0 fully saturated rings. The fourth-order valence-electron chi connectivity index (χ4n) is 1.42. The van der Waals surface area contributed by atoms with Crippen molar-refractivity contribution >= 4 is 11.6 Å². The third-order valence-electron chi connectivity index (χ3n) is 2.29. The zero-order valence-electron chi connectivity index (χ0n) is 9.41. The summed E-state index contributed by atoms with van der Waals surface area (Å²) in [7, 11) is 3.17. The molecule has 0 aliphatic carbocycles. The zero-order chi connectivity index (χ0) is 12.3. The highest BCUT2D eigenvalue weighted by atomic mass is 16.5. The van der Waals surface area contributed by atoms with Crippen molar-refractivity contribution in [3.63, 3.8) is 0 Å². The number of aromatic amines is 1. The Labute approximate surface area is 97.4 Å². The third kappa shape index (κ3) is 2.07. The number of hydrogen-bond acceptors (Lipinski definition) is 5. The van der Waals surface area contributed by atoms with Gasteiger partial charge in [0.25, 0.3) is 11.7 Å². The van der Waals surface area contributed by atoms with Gasteiger partial charge in [-0.15, -0.1) is 10.2 Å². The zero-order valence-corrected chi connectivity index (χ0v) is 9.41. The van der Waals surface area contributed by atoms with Crippen LogP contribution in [0.25, 0.3) is 0 Å². The van der Waals surface area contributed by atoms with Crippen LogP contribution in [0.5, 0.6) is 5.75 Å². The number of hydrogen-bond donors (Lipinski definition) is 1. The molecular formula is C10H11N5O2. The van der Waals surface area contributed by atoms with Crippen LogP contribution in [0, 0.1) is 0 Å². The minimum absolute atomic E-state index is 0.0124. The van der Waals surface area contributed by atoms with E-state index in [0.29, 0.717) is 11.4 Å².